The largest absolute Gasteiger partial charge is 0.468 e. The standard InChI is InChI=1S/C33H31ClN4O7S2/c1-25-9-17-32(18-10-25)47(42,43)37(21-26-11-13-27(34)14-12-26)23-30-16-15-28(45-30)20-35-36-33(39)24-38(22-29-6-5-19-44-29)46(40,41)31-7-3-2-4-8-31/h2-20H,21-24H2,1H3,(H,36,39)/b35-20-. The van der Waals surface area contributed by atoms with Crippen molar-refractivity contribution in [2.24, 2.45) is 5.10 Å². The minimum absolute atomic E-state index is 0.0282. The number of hydrogen-bond acceptors (Lipinski definition) is 8. The number of aryl methyl sites for hydroxylation is 1. The Hall–Kier alpha value is -4.53. The van der Waals surface area contributed by atoms with Gasteiger partial charge in [-0.25, -0.2) is 22.3 Å². The van der Waals surface area contributed by atoms with Crippen molar-refractivity contribution in [3.8, 4) is 0 Å². The summed E-state index contributed by atoms with van der Waals surface area (Å²) in [6.45, 7) is 1.15. The first-order valence-electron chi connectivity index (χ1n) is 14.3. The van der Waals surface area contributed by atoms with Gasteiger partial charge in [0.05, 0.1) is 41.9 Å². The van der Waals surface area contributed by atoms with Crippen molar-refractivity contribution in [1.82, 2.24) is 14.0 Å². The highest BCUT2D eigenvalue weighted by Gasteiger charge is 2.28. The van der Waals surface area contributed by atoms with Crippen LogP contribution in [0.3, 0.4) is 0 Å². The second kappa shape index (κ2) is 14.9. The lowest BCUT2D eigenvalue weighted by Crippen LogP contribution is -2.38. The van der Waals surface area contributed by atoms with Gasteiger partial charge in [0.2, 0.25) is 20.0 Å². The van der Waals surface area contributed by atoms with Gasteiger partial charge in [-0.3, -0.25) is 4.79 Å². The zero-order chi connectivity index (χ0) is 33.4. The van der Waals surface area contributed by atoms with Crippen LogP contribution in [0.4, 0.5) is 0 Å². The molecule has 1 N–H and O–H groups in total. The smallest absolute Gasteiger partial charge is 0.255 e. The maximum atomic E-state index is 13.7. The van der Waals surface area contributed by atoms with Crippen LogP contribution in [0.15, 0.2) is 133 Å². The van der Waals surface area contributed by atoms with Gasteiger partial charge >= 0.3 is 0 Å². The van der Waals surface area contributed by atoms with E-state index < -0.39 is 32.5 Å². The van der Waals surface area contributed by atoms with E-state index in [1.54, 1.807) is 91.0 Å². The Balaban J connectivity index is 1.27. The molecule has 1 amide bonds. The maximum absolute atomic E-state index is 13.7. The molecule has 3 aromatic carbocycles. The number of nitrogens with zero attached hydrogens (tertiary/aromatic N) is 3. The summed E-state index contributed by atoms with van der Waals surface area (Å²) in [6.07, 6.45) is 2.65. The van der Waals surface area contributed by atoms with Crippen molar-refractivity contribution in [3.63, 3.8) is 0 Å². The van der Waals surface area contributed by atoms with Crippen LogP contribution in [0, 0.1) is 6.92 Å². The second-order valence-corrected chi connectivity index (χ2v) is 14.8. The third kappa shape index (κ3) is 8.84. The molecular formula is C33H31ClN4O7S2. The van der Waals surface area contributed by atoms with Crippen molar-refractivity contribution in [1.29, 1.82) is 0 Å². The lowest BCUT2D eigenvalue weighted by molar-refractivity contribution is -0.121. The highest BCUT2D eigenvalue weighted by molar-refractivity contribution is 7.89. The number of sulfonamides is 2. The van der Waals surface area contributed by atoms with Crippen LogP contribution in [0.25, 0.3) is 0 Å². The van der Waals surface area contributed by atoms with Gasteiger partial charge in [0, 0.05) is 11.6 Å². The highest BCUT2D eigenvalue weighted by Crippen LogP contribution is 2.23. The Morgan fingerprint density at radius 1 is 0.766 bits per heavy atom. The van der Waals surface area contributed by atoms with Crippen LogP contribution in [-0.2, 0) is 44.5 Å². The first-order valence-corrected chi connectivity index (χ1v) is 17.6. The molecule has 0 bridgehead atoms. The van der Waals surface area contributed by atoms with E-state index in [1.807, 2.05) is 6.92 Å². The monoisotopic (exact) mass is 694 g/mol. The Kier molecular flexibility index (Phi) is 10.7. The molecule has 0 spiro atoms. The van der Waals surface area contributed by atoms with Gasteiger partial charge < -0.3 is 8.83 Å². The van der Waals surface area contributed by atoms with Gasteiger partial charge in [-0.15, -0.1) is 0 Å². The quantitative estimate of drug-likeness (QED) is 0.118. The van der Waals surface area contributed by atoms with Crippen LogP contribution in [0.5, 0.6) is 0 Å². The lowest BCUT2D eigenvalue weighted by Gasteiger charge is -2.21. The van der Waals surface area contributed by atoms with Crippen LogP contribution in [0.2, 0.25) is 5.02 Å². The Bertz CT molecular complexity index is 2030. The molecule has 0 radical (unpaired) electrons. The molecule has 0 fully saturated rings. The van der Waals surface area contributed by atoms with E-state index in [4.69, 9.17) is 20.4 Å². The van der Waals surface area contributed by atoms with E-state index in [-0.39, 0.29) is 35.2 Å². The number of amides is 1. The molecule has 0 aliphatic carbocycles. The molecular weight excluding hydrogens is 664 g/mol. The lowest BCUT2D eigenvalue weighted by atomic mass is 10.2. The Morgan fingerprint density at radius 2 is 1.43 bits per heavy atom. The number of rotatable bonds is 14. The summed E-state index contributed by atoms with van der Waals surface area (Å²) in [5, 5.41) is 4.45. The predicted molar refractivity (Wildman–Crippen MR) is 176 cm³/mol. The molecule has 244 valence electrons. The summed E-state index contributed by atoms with van der Waals surface area (Å²) in [4.78, 5) is 13.0. The number of benzene rings is 3. The molecule has 0 atom stereocenters. The molecule has 14 heteroatoms. The van der Waals surface area contributed by atoms with Gasteiger partial charge in [-0.05, 0) is 73.2 Å². The zero-order valence-corrected chi connectivity index (χ0v) is 27.6. The number of hydrogen-bond donors (Lipinski definition) is 1. The average Bonchev–Trinajstić information content (AvgIpc) is 3.74. The summed E-state index contributed by atoms with van der Waals surface area (Å²) in [5.74, 6) is 0.237. The van der Waals surface area contributed by atoms with E-state index in [0.717, 1.165) is 15.4 Å². The minimum atomic E-state index is -4.04. The Labute approximate surface area is 278 Å². The van der Waals surface area contributed by atoms with E-state index in [2.05, 4.69) is 10.5 Å². The van der Waals surface area contributed by atoms with Crippen molar-refractivity contribution in [2.45, 2.75) is 36.3 Å². The fourth-order valence-corrected chi connectivity index (χ4v) is 7.41. The fraction of sp³-hybridized carbons (Fsp3) is 0.152. The molecule has 2 aromatic heterocycles. The van der Waals surface area contributed by atoms with Gasteiger partial charge in [0.1, 0.15) is 17.3 Å². The van der Waals surface area contributed by atoms with Gasteiger partial charge in [0.15, 0.2) is 0 Å². The van der Waals surface area contributed by atoms with Crippen molar-refractivity contribution >= 4 is 43.8 Å². The molecule has 2 heterocycles. The first-order chi connectivity index (χ1) is 22.5. The highest BCUT2D eigenvalue weighted by atomic mass is 35.5. The van der Waals surface area contributed by atoms with E-state index in [1.165, 1.54) is 28.9 Å². The normalized spacial score (nSPS) is 12.3. The molecule has 0 saturated heterocycles. The number of halogens is 1. The van der Waals surface area contributed by atoms with Gasteiger partial charge in [-0.1, -0.05) is 59.6 Å². The number of hydrazone groups is 1. The van der Waals surface area contributed by atoms with Crippen LogP contribution in [-0.4, -0.2) is 44.1 Å². The van der Waals surface area contributed by atoms with E-state index in [0.29, 0.717) is 16.5 Å². The van der Waals surface area contributed by atoms with E-state index in [9.17, 15) is 21.6 Å². The molecule has 5 aromatic rings. The molecule has 0 aliphatic rings. The van der Waals surface area contributed by atoms with Gasteiger partial charge in [-0.2, -0.15) is 13.7 Å². The first kappa shape index (κ1) is 33.8. The molecule has 0 saturated carbocycles. The minimum Gasteiger partial charge on any atom is -0.468 e. The van der Waals surface area contributed by atoms with Crippen molar-refractivity contribution < 1.29 is 30.5 Å². The topological polar surface area (TPSA) is 142 Å². The average molecular weight is 695 g/mol. The molecule has 47 heavy (non-hydrogen) atoms. The summed E-state index contributed by atoms with van der Waals surface area (Å²) in [7, 11) is -7.95. The van der Waals surface area contributed by atoms with Gasteiger partial charge in [0.25, 0.3) is 5.91 Å². The molecule has 0 aliphatic heterocycles. The summed E-state index contributed by atoms with van der Waals surface area (Å²) >= 11 is 6.02. The zero-order valence-electron chi connectivity index (χ0n) is 25.2. The third-order valence-electron chi connectivity index (χ3n) is 6.94. The maximum Gasteiger partial charge on any atom is 0.255 e. The van der Waals surface area contributed by atoms with E-state index >= 15 is 0 Å². The SMILES string of the molecule is Cc1ccc(S(=O)(=O)N(Cc2ccc(Cl)cc2)Cc2ccc(/C=N\NC(=O)CN(Cc3ccco3)S(=O)(=O)c3ccccc3)o2)cc1. The molecule has 5 rings (SSSR count). The number of furan rings is 2. The molecule has 0 unspecified atom stereocenters. The molecule has 11 nitrogen and oxygen atoms in total. The summed E-state index contributed by atoms with van der Waals surface area (Å²) < 4.78 is 67.3. The van der Waals surface area contributed by atoms with Crippen LogP contribution in [0.1, 0.15) is 28.4 Å². The fourth-order valence-electron chi connectivity index (χ4n) is 4.51. The summed E-state index contributed by atoms with van der Waals surface area (Å²) in [6, 6.07) is 27.7. The predicted octanol–water partition coefficient (Wildman–Crippen LogP) is 5.57. The second-order valence-electron chi connectivity index (χ2n) is 10.5. The summed E-state index contributed by atoms with van der Waals surface area (Å²) in [5.41, 5.74) is 3.98. The van der Waals surface area contributed by atoms with Crippen LogP contribution >= 0.6 is 11.6 Å². The number of carbonyl (C=O) groups is 1. The third-order valence-corrected chi connectivity index (χ3v) is 10.8. The van der Waals surface area contributed by atoms with Crippen molar-refractivity contribution in [3.05, 3.63) is 143 Å². The number of carbonyl (C=O) groups excluding carboxylic acids is 1. The Morgan fingerprint density at radius 3 is 2.11 bits per heavy atom. The van der Waals surface area contributed by atoms with Crippen LogP contribution < -0.4 is 5.43 Å². The number of nitrogens with one attached hydrogen (secondary N) is 1. The van der Waals surface area contributed by atoms with Crippen molar-refractivity contribution in [2.75, 3.05) is 6.54 Å².